The Morgan fingerprint density at radius 1 is 1.32 bits per heavy atom. The summed E-state index contributed by atoms with van der Waals surface area (Å²) in [6.45, 7) is 6.23. The fourth-order valence-electron chi connectivity index (χ4n) is 4.83. The fourth-order valence-corrected chi connectivity index (χ4v) is 4.83. The Labute approximate surface area is 157 Å². The number of aromatic nitrogens is 2. The zero-order valence-electron chi connectivity index (χ0n) is 15.9. The molecule has 1 heterocycles. The summed E-state index contributed by atoms with van der Waals surface area (Å²) in [4.78, 5) is 12.7. The molecular formula is C19H33ClN4O. The van der Waals surface area contributed by atoms with E-state index in [2.05, 4.69) is 24.3 Å². The molecule has 0 radical (unpaired) electrons. The molecule has 1 aromatic heterocycles. The summed E-state index contributed by atoms with van der Waals surface area (Å²) in [5.41, 5.74) is 9.85. The predicted octanol–water partition coefficient (Wildman–Crippen LogP) is 2.66. The van der Waals surface area contributed by atoms with Crippen LogP contribution in [0.3, 0.4) is 0 Å². The minimum Gasteiger partial charge on any atom is -0.353 e. The molecule has 2 aliphatic carbocycles. The normalized spacial score (nSPS) is 29.6. The molecule has 142 valence electrons. The molecule has 2 saturated carbocycles. The molecular weight excluding hydrogens is 336 g/mol. The molecule has 0 saturated heterocycles. The second-order valence-electron chi connectivity index (χ2n) is 8.08. The van der Waals surface area contributed by atoms with E-state index in [1.54, 1.807) is 0 Å². The maximum absolute atomic E-state index is 12.7. The standard InChI is InChI=1S/C19H32N4O.ClH/c1-11(8-17-12(2)22-23(4)13(17)3)21-19(24)16-9-14-6-5-7-15(10-16)18(14)20;/h11,14-16,18H,5-10,20H2,1-4H3,(H,21,24);1H. The van der Waals surface area contributed by atoms with Gasteiger partial charge < -0.3 is 11.1 Å². The molecule has 6 heteroatoms. The van der Waals surface area contributed by atoms with Crippen molar-refractivity contribution in [1.82, 2.24) is 15.1 Å². The van der Waals surface area contributed by atoms with Crippen LogP contribution in [0.15, 0.2) is 0 Å². The Bertz CT molecular complexity index is 601. The summed E-state index contributed by atoms with van der Waals surface area (Å²) >= 11 is 0. The Balaban J connectivity index is 0.00000225. The molecule has 2 fully saturated rings. The first-order chi connectivity index (χ1) is 11.4. The number of nitrogens with two attached hydrogens (primary N) is 1. The third kappa shape index (κ3) is 4.20. The average molecular weight is 369 g/mol. The lowest BCUT2D eigenvalue weighted by Crippen LogP contribution is -2.50. The van der Waals surface area contributed by atoms with E-state index in [9.17, 15) is 4.79 Å². The third-order valence-electron chi connectivity index (χ3n) is 6.34. The number of hydrogen-bond donors (Lipinski definition) is 2. The number of nitrogens with zero attached hydrogens (tertiary/aromatic N) is 2. The van der Waals surface area contributed by atoms with Crippen molar-refractivity contribution in [2.24, 2.45) is 30.5 Å². The minimum absolute atomic E-state index is 0. The monoisotopic (exact) mass is 368 g/mol. The Kier molecular flexibility index (Phi) is 6.55. The highest BCUT2D eigenvalue weighted by Gasteiger charge is 2.40. The van der Waals surface area contributed by atoms with Crippen molar-refractivity contribution >= 4 is 18.3 Å². The lowest BCUT2D eigenvalue weighted by atomic mass is 9.65. The van der Waals surface area contributed by atoms with Crippen molar-refractivity contribution in [2.75, 3.05) is 0 Å². The largest absolute Gasteiger partial charge is 0.353 e. The van der Waals surface area contributed by atoms with Gasteiger partial charge in [-0.2, -0.15) is 5.10 Å². The number of carbonyl (C=O) groups is 1. The van der Waals surface area contributed by atoms with Crippen LogP contribution in [0.5, 0.6) is 0 Å². The third-order valence-corrected chi connectivity index (χ3v) is 6.34. The van der Waals surface area contributed by atoms with Crippen molar-refractivity contribution in [3.8, 4) is 0 Å². The van der Waals surface area contributed by atoms with Gasteiger partial charge in [0.2, 0.25) is 5.91 Å². The molecule has 3 N–H and O–H groups in total. The van der Waals surface area contributed by atoms with Crippen molar-refractivity contribution in [1.29, 1.82) is 0 Å². The first-order valence-corrected chi connectivity index (χ1v) is 9.41. The predicted molar refractivity (Wildman–Crippen MR) is 103 cm³/mol. The highest BCUT2D eigenvalue weighted by molar-refractivity contribution is 5.85. The van der Waals surface area contributed by atoms with Gasteiger partial charge in [-0.25, -0.2) is 0 Å². The van der Waals surface area contributed by atoms with Crippen LogP contribution in [0.4, 0.5) is 0 Å². The summed E-state index contributed by atoms with van der Waals surface area (Å²) < 4.78 is 1.92. The molecule has 0 aromatic carbocycles. The number of carbonyl (C=O) groups excluding carboxylic acids is 1. The number of nitrogens with one attached hydrogen (secondary N) is 1. The Hall–Kier alpha value is -1.07. The molecule has 5 nitrogen and oxygen atoms in total. The molecule has 1 aromatic rings. The second kappa shape index (κ2) is 8.09. The lowest BCUT2D eigenvalue weighted by molar-refractivity contribution is -0.128. The van der Waals surface area contributed by atoms with Gasteiger partial charge in [0, 0.05) is 30.7 Å². The van der Waals surface area contributed by atoms with Crippen LogP contribution in [0.2, 0.25) is 0 Å². The molecule has 3 unspecified atom stereocenters. The molecule has 0 spiro atoms. The number of fused-ring (bicyclic) bond motifs is 2. The first-order valence-electron chi connectivity index (χ1n) is 9.41. The SMILES string of the molecule is Cc1nn(C)c(C)c1CC(C)NC(=O)C1CC2CCCC(C1)C2N.Cl. The molecule has 2 aliphatic rings. The van der Waals surface area contributed by atoms with Gasteiger partial charge in [0.15, 0.2) is 0 Å². The van der Waals surface area contributed by atoms with Crippen molar-refractivity contribution in [3.63, 3.8) is 0 Å². The second-order valence-corrected chi connectivity index (χ2v) is 8.08. The van der Waals surface area contributed by atoms with Crippen LogP contribution < -0.4 is 11.1 Å². The van der Waals surface area contributed by atoms with Gasteiger partial charge in [-0.05, 0) is 70.3 Å². The van der Waals surface area contributed by atoms with E-state index < -0.39 is 0 Å². The summed E-state index contributed by atoms with van der Waals surface area (Å²) in [7, 11) is 1.97. The number of rotatable bonds is 4. The molecule has 25 heavy (non-hydrogen) atoms. The van der Waals surface area contributed by atoms with Crippen LogP contribution in [0, 0.1) is 31.6 Å². The molecule has 1 amide bonds. The average Bonchev–Trinajstić information content (AvgIpc) is 2.73. The van der Waals surface area contributed by atoms with Gasteiger partial charge >= 0.3 is 0 Å². The van der Waals surface area contributed by atoms with E-state index in [0.29, 0.717) is 17.9 Å². The summed E-state index contributed by atoms with van der Waals surface area (Å²) in [6.07, 6.45) is 6.47. The summed E-state index contributed by atoms with van der Waals surface area (Å²) in [5.74, 6) is 1.47. The quantitative estimate of drug-likeness (QED) is 0.858. The van der Waals surface area contributed by atoms with Gasteiger partial charge in [-0.1, -0.05) is 6.42 Å². The zero-order valence-corrected chi connectivity index (χ0v) is 16.7. The van der Waals surface area contributed by atoms with E-state index in [1.165, 1.54) is 30.5 Å². The molecule has 2 bridgehead atoms. The van der Waals surface area contributed by atoms with Crippen molar-refractivity contribution in [2.45, 2.75) is 71.4 Å². The topological polar surface area (TPSA) is 72.9 Å². The Morgan fingerprint density at radius 2 is 1.92 bits per heavy atom. The van der Waals surface area contributed by atoms with E-state index in [4.69, 9.17) is 5.73 Å². The lowest BCUT2D eigenvalue weighted by Gasteiger charge is -2.43. The van der Waals surface area contributed by atoms with E-state index in [0.717, 1.165) is 25.0 Å². The zero-order chi connectivity index (χ0) is 17.4. The molecule has 3 rings (SSSR count). The Morgan fingerprint density at radius 3 is 2.44 bits per heavy atom. The molecule has 0 aliphatic heterocycles. The number of halogens is 1. The van der Waals surface area contributed by atoms with Crippen molar-refractivity contribution in [3.05, 3.63) is 17.0 Å². The highest BCUT2D eigenvalue weighted by Crippen LogP contribution is 2.41. The number of amides is 1. The minimum atomic E-state index is 0. The first kappa shape index (κ1) is 20.2. The highest BCUT2D eigenvalue weighted by atomic mass is 35.5. The van der Waals surface area contributed by atoms with Crippen LogP contribution in [-0.4, -0.2) is 27.8 Å². The van der Waals surface area contributed by atoms with Gasteiger partial charge in [0.25, 0.3) is 0 Å². The van der Waals surface area contributed by atoms with Gasteiger partial charge in [0.05, 0.1) is 5.69 Å². The van der Waals surface area contributed by atoms with Gasteiger partial charge in [-0.3, -0.25) is 9.48 Å². The van der Waals surface area contributed by atoms with Crippen LogP contribution >= 0.6 is 12.4 Å². The molecule has 3 atom stereocenters. The maximum Gasteiger partial charge on any atom is 0.223 e. The van der Waals surface area contributed by atoms with E-state index >= 15 is 0 Å². The van der Waals surface area contributed by atoms with Gasteiger partial charge in [0.1, 0.15) is 0 Å². The smallest absolute Gasteiger partial charge is 0.223 e. The number of aryl methyl sites for hydroxylation is 2. The van der Waals surface area contributed by atoms with Crippen LogP contribution in [0.25, 0.3) is 0 Å². The summed E-state index contributed by atoms with van der Waals surface area (Å²) in [6, 6.07) is 0.454. The van der Waals surface area contributed by atoms with E-state index in [-0.39, 0.29) is 30.3 Å². The van der Waals surface area contributed by atoms with E-state index in [1.807, 2.05) is 18.7 Å². The van der Waals surface area contributed by atoms with Crippen LogP contribution in [-0.2, 0) is 18.3 Å². The summed E-state index contributed by atoms with van der Waals surface area (Å²) in [5, 5.41) is 7.72. The fraction of sp³-hybridized carbons (Fsp3) is 0.789. The van der Waals surface area contributed by atoms with Crippen molar-refractivity contribution < 1.29 is 4.79 Å². The van der Waals surface area contributed by atoms with Crippen LogP contribution in [0.1, 0.15) is 56.0 Å². The van der Waals surface area contributed by atoms with Gasteiger partial charge in [-0.15, -0.1) is 12.4 Å². The number of hydrogen-bond acceptors (Lipinski definition) is 3. The maximum atomic E-state index is 12.7.